The number of rotatable bonds is 5. The summed E-state index contributed by atoms with van der Waals surface area (Å²) in [5, 5.41) is 0. The average molecular weight is 350 g/mol. The summed E-state index contributed by atoms with van der Waals surface area (Å²) in [6.07, 6.45) is 10.8. The minimum atomic E-state index is -0.441. The SMILES string of the molecule is CCCCC1CCC(c2cc(F)c(C3CC=C(F)CC3)c(F)c2)CC1. The van der Waals surface area contributed by atoms with Crippen LogP contribution in [0.15, 0.2) is 24.0 Å². The van der Waals surface area contributed by atoms with Crippen molar-refractivity contribution < 1.29 is 13.2 Å². The molecular weight excluding hydrogens is 321 g/mol. The molecule has 0 aromatic heterocycles. The summed E-state index contributed by atoms with van der Waals surface area (Å²) in [6.45, 7) is 2.22. The molecule has 1 aromatic rings. The van der Waals surface area contributed by atoms with Crippen LogP contribution in [0.4, 0.5) is 13.2 Å². The van der Waals surface area contributed by atoms with Gasteiger partial charge in [0.1, 0.15) is 11.6 Å². The van der Waals surface area contributed by atoms with Crippen LogP contribution in [0, 0.1) is 17.6 Å². The first-order valence-corrected chi connectivity index (χ1v) is 9.91. The van der Waals surface area contributed by atoms with Crippen molar-refractivity contribution in [3.63, 3.8) is 0 Å². The first-order valence-electron chi connectivity index (χ1n) is 9.91. The molecule has 1 saturated carbocycles. The largest absolute Gasteiger partial charge is 0.212 e. The van der Waals surface area contributed by atoms with Crippen LogP contribution in [0.3, 0.4) is 0 Å². The zero-order valence-electron chi connectivity index (χ0n) is 15.2. The van der Waals surface area contributed by atoms with Gasteiger partial charge in [0.25, 0.3) is 0 Å². The second kappa shape index (κ2) is 8.42. The van der Waals surface area contributed by atoms with E-state index in [1.165, 1.54) is 38.2 Å². The Morgan fingerprint density at radius 2 is 1.60 bits per heavy atom. The smallest absolute Gasteiger partial charge is 0.129 e. The molecule has 2 aliphatic carbocycles. The highest BCUT2D eigenvalue weighted by atomic mass is 19.1. The van der Waals surface area contributed by atoms with Gasteiger partial charge in [0.05, 0.1) is 5.83 Å². The van der Waals surface area contributed by atoms with E-state index in [0.29, 0.717) is 12.8 Å². The van der Waals surface area contributed by atoms with Gasteiger partial charge in [0.15, 0.2) is 0 Å². The Morgan fingerprint density at radius 1 is 0.920 bits per heavy atom. The van der Waals surface area contributed by atoms with Crippen LogP contribution in [-0.4, -0.2) is 0 Å². The van der Waals surface area contributed by atoms with Crippen LogP contribution in [0.1, 0.15) is 94.1 Å². The summed E-state index contributed by atoms with van der Waals surface area (Å²) in [7, 11) is 0. The molecule has 1 atom stereocenters. The average Bonchev–Trinajstić information content (AvgIpc) is 2.61. The van der Waals surface area contributed by atoms with E-state index in [0.717, 1.165) is 24.3 Å². The van der Waals surface area contributed by atoms with E-state index in [1.807, 2.05) is 0 Å². The number of benzene rings is 1. The summed E-state index contributed by atoms with van der Waals surface area (Å²) in [5.41, 5.74) is 0.967. The zero-order chi connectivity index (χ0) is 17.8. The number of halogens is 3. The van der Waals surface area contributed by atoms with Gasteiger partial charge in [-0.05, 0) is 80.4 Å². The highest BCUT2D eigenvalue weighted by Crippen LogP contribution is 2.40. The summed E-state index contributed by atoms with van der Waals surface area (Å²) in [5.74, 6) is -0.215. The van der Waals surface area contributed by atoms with E-state index in [2.05, 4.69) is 6.92 Å². The quantitative estimate of drug-likeness (QED) is 0.514. The van der Waals surface area contributed by atoms with Crippen molar-refractivity contribution >= 4 is 0 Å². The van der Waals surface area contributed by atoms with Crippen molar-refractivity contribution in [2.75, 3.05) is 0 Å². The van der Waals surface area contributed by atoms with Crippen molar-refractivity contribution in [1.82, 2.24) is 0 Å². The van der Waals surface area contributed by atoms with Crippen molar-refractivity contribution in [3.05, 3.63) is 46.8 Å². The summed E-state index contributed by atoms with van der Waals surface area (Å²) in [6, 6.07) is 3.09. The van der Waals surface area contributed by atoms with Crippen LogP contribution >= 0.6 is 0 Å². The Kier molecular flexibility index (Phi) is 6.24. The van der Waals surface area contributed by atoms with Crippen LogP contribution in [-0.2, 0) is 0 Å². The van der Waals surface area contributed by atoms with E-state index in [-0.39, 0.29) is 29.6 Å². The highest BCUT2D eigenvalue weighted by molar-refractivity contribution is 5.32. The maximum atomic E-state index is 14.6. The highest BCUT2D eigenvalue weighted by Gasteiger charge is 2.27. The lowest BCUT2D eigenvalue weighted by atomic mass is 9.76. The molecule has 3 rings (SSSR count). The Morgan fingerprint density at radius 3 is 2.16 bits per heavy atom. The predicted octanol–water partition coefficient (Wildman–Crippen LogP) is 7.55. The predicted molar refractivity (Wildman–Crippen MR) is 96.4 cm³/mol. The third-order valence-electron chi connectivity index (χ3n) is 6.15. The van der Waals surface area contributed by atoms with E-state index in [1.54, 1.807) is 12.1 Å². The summed E-state index contributed by atoms with van der Waals surface area (Å²) in [4.78, 5) is 0. The fourth-order valence-corrected chi connectivity index (χ4v) is 4.57. The maximum Gasteiger partial charge on any atom is 0.129 e. The van der Waals surface area contributed by atoms with Crippen LogP contribution in [0.2, 0.25) is 0 Å². The van der Waals surface area contributed by atoms with E-state index >= 15 is 0 Å². The zero-order valence-corrected chi connectivity index (χ0v) is 15.2. The van der Waals surface area contributed by atoms with Gasteiger partial charge in [-0.25, -0.2) is 13.2 Å². The third kappa shape index (κ3) is 4.48. The molecule has 0 aliphatic heterocycles. The molecule has 0 radical (unpaired) electrons. The molecule has 138 valence electrons. The Hall–Kier alpha value is -1.25. The monoisotopic (exact) mass is 350 g/mol. The Balaban J connectivity index is 1.68. The van der Waals surface area contributed by atoms with Gasteiger partial charge in [-0.1, -0.05) is 32.3 Å². The molecule has 3 heteroatoms. The first kappa shape index (κ1) is 18.5. The van der Waals surface area contributed by atoms with Crippen molar-refractivity contribution in [2.45, 2.75) is 83.0 Å². The Labute approximate surface area is 149 Å². The van der Waals surface area contributed by atoms with E-state index in [9.17, 15) is 13.2 Å². The van der Waals surface area contributed by atoms with E-state index < -0.39 is 11.6 Å². The normalized spacial score (nSPS) is 27.2. The standard InChI is InChI=1S/C22H29F3/c1-2-3-4-15-5-7-16(8-6-15)18-13-20(24)22(21(25)14-18)17-9-11-19(23)12-10-17/h11,13-17H,2-10,12H2,1H3. The number of hydrogen-bond donors (Lipinski definition) is 0. The van der Waals surface area contributed by atoms with E-state index in [4.69, 9.17) is 0 Å². The molecule has 0 heterocycles. The van der Waals surface area contributed by atoms with Crippen molar-refractivity contribution in [3.8, 4) is 0 Å². The van der Waals surface area contributed by atoms with Gasteiger partial charge in [-0.2, -0.15) is 0 Å². The fourth-order valence-electron chi connectivity index (χ4n) is 4.57. The maximum absolute atomic E-state index is 14.6. The van der Waals surface area contributed by atoms with Gasteiger partial charge < -0.3 is 0 Å². The van der Waals surface area contributed by atoms with Crippen LogP contribution in [0.25, 0.3) is 0 Å². The number of hydrogen-bond acceptors (Lipinski definition) is 0. The molecule has 1 aromatic carbocycles. The fraction of sp³-hybridized carbons (Fsp3) is 0.636. The first-order chi connectivity index (χ1) is 12.1. The number of allylic oxidation sites excluding steroid dienone is 2. The molecule has 0 bridgehead atoms. The molecule has 0 N–H and O–H groups in total. The lowest BCUT2D eigenvalue weighted by Gasteiger charge is -2.29. The van der Waals surface area contributed by atoms with Crippen LogP contribution < -0.4 is 0 Å². The van der Waals surface area contributed by atoms with Gasteiger partial charge in [0, 0.05) is 5.56 Å². The molecule has 0 nitrogen and oxygen atoms in total. The van der Waals surface area contributed by atoms with Gasteiger partial charge in [-0.15, -0.1) is 0 Å². The lowest BCUT2D eigenvalue weighted by Crippen LogP contribution is -2.15. The Bertz CT molecular complexity index is 589. The molecule has 1 fully saturated rings. The number of unbranched alkanes of at least 4 members (excludes halogenated alkanes) is 1. The van der Waals surface area contributed by atoms with Crippen molar-refractivity contribution in [2.24, 2.45) is 5.92 Å². The second-order valence-corrected chi connectivity index (χ2v) is 7.88. The third-order valence-corrected chi connectivity index (χ3v) is 6.15. The topological polar surface area (TPSA) is 0 Å². The van der Waals surface area contributed by atoms with Gasteiger partial charge >= 0.3 is 0 Å². The molecule has 2 aliphatic rings. The summed E-state index contributed by atoms with van der Waals surface area (Å²) < 4.78 is 42.4. The molecule has 1 unspecified atom stereocenters. The second-order valence-electron chi connectivity index (χ2n) is 7.88. The molecule has 0 spiro atoms. The van der Waals surface area contributed by atoms with Crippen LogP contribution in [0.5, 0.6) is 0 Å². The van der Waals surface area contributed by atoms with Crippen molar-refractivity contribution in [1.29, 1.82) is 0 Å². The molecule has 0 amide bonds. The molecular formula is C22H29F3. The molecule has 0 saturated heterocycles. The lowest BCUT2D eigenvalue weighted by molar-refractivity contribution is 0.303. The minimum absolute atomic E-state index is 0.157. The van der Waals surface area contributed by atoms with Gasteiger partial charge in [0.2, 0.25) is 0 Å². The molecule has 25 heavy (non-hydrogen) atoms. The van der Waals surface area contributed by atoms with Gasteiger partial charge in [-0.3, -0.25) is 0 Å². The summed E-state index contributed by atoms with van der Waals surface area (Å²) >= 11 is 0. The minimum Gasteiger partial charge on any atom is -0.212 e.